The quantitative estimate of drug-likeness (QED) is 0.696. The second kappa shape index (κ2) is 7.07. The van der Waals surface area contributed by atoms with Gasteiger partial charge in [0.25, 0.3) is 5.91 Å². The van der Waals surface area contributed by atoms with Gasteiger partial charge in [-0.3, -0.25) is 9.59 Å². The van der Waals surface area contributed by atoms with E-state index in [1.807, 2.05) is 0 Å². The van der Waals surface area contributed by atoms with Crippen molar-refractivity contribution < 1.29 is 9.59 Å². The van der Waals surface area contributed by atoms with Gasteiger partial charge in [-0.25, -0.2) is 0 Å². The zero-order valence-corrected chi connectivity index (χ0v) is 12.8. The molecule has 0 bridgehead atoms. The van der Waals surface area contributed by atoms with Crippen LogP contribution in [0.5, 0.6) is 0 Å². The Morgan fingerprint density at radius 1 is 1.19 bits per heavy atom. The molecule has 1 amide bonds. The third-order valence-corrected chi connectivity index (χ3v) is 3.89. The molecule has 0 aliphatic heterocycles. The van der Waals surface area contributed by atoms with E-state index in [4.69, 9.17) is 11.6 Å². The van der Waals surface area contributed by atoms with E-state index >= 15 is 0 Å². The fourth-order valence-corrected chi connectivity index (χ4v) is 2.54. The van der Waals surface area contributed by atoms with Crippen LogP contribution in [0, 0.1) is 11.8 Å². The van der Waals surface area contributed by atoms with Crippen molar-refractivity contribution in [2.24, 2.45) is 0 Å². The Morgan fingerprint density at radius 2 is 1.90 bits per heavy atom. The van der Waals surface area contributed by atoms with Crippen LogP contribution in [0.3, 0.4) is 0 Å². The van der Waals surface area contributed by atoms with Gasteiger partial charge < -0.3 is 5.32 Å². The smallest absolute Gasteiger partial charge is 0.262 e. The van der Waals surface area contributed by atoms with Gasteiger partial charge in [-0.2, -0.15) is 0 Å². The number of carbonyl (C=O) groups is 2. The highest BCUT2D eigenvalue weighted by atomic mass is 35.5. The molecule has 3 nitrogen and oxygen atoms in total. The summed E-state index contributed by atoms with van der Waals surface area (Å²) in [6, 6.07) is 10.4. The van der Waals surface area contributed by atoms with Crippen LogP contribution in [-0.4, -0.2) is 18.2 Å². The van der Waals surface area contributed by atoms with E-state index in [2.05, 4.69) is 17.2 Å². The van der Waals surface area contributed by atoms with Crippen molar-refractivity contribution in [1.82, 2.24) is 5.32 Å². The van der Waals surface area contributed by atoms with E-state index in [0.29, 0.717) is 14.8 Å². The lowest BCUT2D eigenvalue weighted by Crippen LogP contribution is -2.22. The molecule has 21 heavy (non-hydrogen) atoms. The highest BCUT2D eigenvalue weighted by Crippen LogP contribution is 2.20. The second-order valence-corrected chi connectivity index (χ2v) is 5.94. The zero-order valence-electron chi connectivity index (χ0n) is 11.3. The van der Waals surface area contributed by atoms with Gasteiger partial charge in [-0.1, -0.05) is 35.6 Å². The predicted octanol–water partition coefficient (Wildman–Crippen LogP) is 3.39. The SMILES string of the molecule is CC(=O)c1ccc(C#CCNC(=O)c2ccc(Cl)s2)cc1. The number of rotatable bonds is 3. The Kier molecular flexibility index (Phi) is 5.15. The van der Waals surface area contributed by atoms with Crippen LogP contribution in [-0.2, 0) is 0 Å². The number of hydrogen-bond acceptors (Lipinski definition) is 3. The Morgan fingerprint density at radius 3 is 2.48 bits per heavy atom. The Labute approximate surface area is 131 Å². The van der Waals surface area contributed by atoms with Crippen LogP contribution < -0.4 is 5.32 Å². The summed E-state index contributed by atoms with van der Waals surface area (Å²) in [7, 11) is 0. The molecule has 0 atom stereocenters. The summed E-state index contributed by atoms with van der Waals surface area (Å²) < 4.78 is 0.580. The molecule has 1 aromatic carbocycles. The Hall–Kier alpha value is -2.09. The van der Waals surface area contributed by atoms with Crippen LogP contribution in [0.1, 0.15) is 32.5 Å². The first-order chi connectivity index (χ1) is 10.1. The highest BCUT2D eigenvalue weighted by Gasteiger charge is 2.06. The van der Waals surface area contributed by atoms with Crippen LogP contribution >= 0.6 is 22.9 Å². The van der Waals surface area contributed by atoms with Crippen molar-refractivity contribution in [1.29, 1.82) is 0 Å². The van der Waals surface area contributed by atoms with Crippen LogP contribution in [0.2, 0.25) is 4.34 Å². The maximum atomic E-state index is 11.7. The minimum Gasteiger partial charge on any atom is -0.340 e. The second-order valence-electron chi connectivity index (χ2n) is 4.22. The molecule has 106 valence electrons. The average Bonchev–Trinajstić information content (AvgIpc) is 2.90. The molecule has 0 unspecified atom stereocenters. The summed E-state index contributed by atoms with van der Waals surface area (Å²) in [6.45, 7) is 1.77. The van der Waals surface area contributed by atoms with Gasteiger partial charge in [0.1, 0.15) is 0 Å². The van der Waals surface area contributed by atoms with Crippen molar-refractivity contribution in [2.45, 2.75) is 6.92 Å². The molecule has 5 heteroatoms. The van der Waals surface area contributed by atoms with Crippen LogP contribution in [0.4, 0.5) is 0 Å². The standard InChI is InChI=1S/C16H12ClNO2S/c1-11(19)13-6-4-12(5-7-13)3-2-10-18-16(20)14-8-9-15(17)21-14/h4-9H,10H2,1H3,(H,18,20). The topological polar surface area (TPSA) is 46.2 Å². The Bertz CT molecular complexity index is 723. The van der Waals surface area contributed by atoms with Crippen molar-refractivity contribution in [3.8, 4) is 11.8 Å². The number of nitrogens with one attached hydrogen (secondary N) is 1. The first-order valence-corrected chi connectivity index (χ1v) is 7.39. The average molecular weight is 318 g/mol. The molecular weight excluding hydrogens is 306 g/mol. The number of amides is 1. The first-order valence-electron chi connectivity index (χ1n) is 6.19. The predicted molar refractivity (Wildman–Crippen MR) is 85.0 cm³/mol. The lowest BCUT2D eigenvalue weighted by atomic mass is 10.1. The summed E-state index contributed by atoms with van der Waals surface area (Å²) in [6.07, 6.45) is 0. The van der Waals surface area contributed by atoms with E-state index in [1.165, 1.54) is 18.3 Å². The number of ketones is 1. The van der Waals surface area contributed by atoms with Crippen LogP contribution in [0.25, 0.3) is 0 Å². The molecule has 2 aromatic rings. The molecule has 0 fully saturated rings. The molecule has 0 spiro atoms. The number of hydrogen-bond donors (Lipinski definition) is 1. The monoisotopic (exact) mass is 317 g/mol. The van der Waals surface area contributed by atoms with Gasteiger partial charge in [-0.05, 0) is 31.2 Å². The van der Waals surface area contributed by atoms with Crippen molar-refractivity contribution in [3.63, 3.8) is 0 Å². The molecule has 0 radical (unpaired) electrons. The van der Waals surface area contributed by atoms with E-state index in [9.17, 15) is 9.59 Å². The minimum atomic E-state index is -0.187. The molecule has 0 aliphatic carbocycles. The lowest BCUT2D eigenvalue weighted by Gasteiger charge is -1.97. The minimum absolute atomic E-state index is 0.0244. The zero-order chi connectivity index (χ0) is 15.2. The number of Topliss-reactive ketones (excluding diaryl/α,β-unsaturated/α-hetero) is 1. The number of thiophene rings is 1. The van der Waals surface area contributed by atoms with Gasteiger partial charge >= 0.3 is 0 Å². The molecule has 1 aromatic heterocycles. The first kappa shape index (κ1) is 15.3. The fraction of sp³-hybridized carbons (Fsp3) is 0.125. The maximum Gasteiger partial charge on any atom is 0.262 e. The van der Waals surface area contributed by atoms with E-state index in [1.54, 1.807) is 36.4 Å². The summed E-state index contributed by atoms with van der Waals surface area (Å²) >= 11 is 7.00. The van der Waals surface area contributed by atoms with Gasteiger partial charge in [0, 0.05) is 11.1 Å². The van der Waals surface area contributed by atoms with Gasteiger partial charge in [0.05, 0.1) is 15.8 Å². The van der Waals surface area contributed by atoms with Crippen molar-refractivity contribution in [2.75, 3.05) is 6.54 Å². The molecule has 2 rings (SSSR count). The summed E-state index contributed by atoms with van der Waals surface area (Å²) in [5.41, 5.74) is 1.46. The van der Waals surface area contributed by atoms with Gasteiger partial charge in [0.2, 0.25) is 0 Å². The highest BCUT2D eigenvalue weighted by molar-refractivity contribution is 7.17. The summed E-state index contributed by atoms with van der Waals surface area (Å²) in [4.78, 5) is 23.4. The van der Waals surface area contributed by atoms with Gasteiger partial charge in [0.15, 0.2) is 5.78 Å². The Balaban J connectivity index is 1.89. The summed E-state index contributed by atoms with van der Waals surface area (Å²) in [5, 5.41) is 2.70. The normalized spacial score (nSPS) is 9.62. The molecule has 0 aliphatic rings. The molecular formula is C16H12ClNO2S. The third-order valence-electron chi connectivity index (χ3n) is 2.66. The van der Waals surface area contributed by atoms with Gasteiger partial charge in [-0.15, -0.1) is 11.3 Å². The number of halogens is 1. The van der Waals surface area contributed by atoms with E-state index in [-0.39, 0.29) is 18.2 Å². The van der Waals surface area contributed by atoms with Crippen molar-refractivity contribution >= 4 is 34.6 Å². The van der Waals surface area contributed by atoms with Crippen LogP contribution in [0.15, 0.2) is 36.4 Å². The van der Waals surface area contributed by atoms with E-state index in [0.717, 1.165) is 5.56 Å². The summed E-state index contributed by atoms with van der Waals surface area (Å²) in [5.74, 6) is 5.62. The molecule has 1 heterocycles. The number of benzene rings is 1. The lowest BCUT2D eigenvalue weighted by molar-refractivity contribution is 0.0961. The molecule has 0 saturated carbocycles. The maximum absolute atomic E-state index is 11.7. The van der Waals surface area contributed by atoms with Crippen molar-refractivity contribution in [3.05, 3.63) is 56.7 Å². The molecule has 0 saturated heterocycles. The fourth-order valence-electron chi connectivity index (χ4n) is 1.58. The molecule has 1 N–H and O–H groups in total. The number of carbonyl (C=O) groups excluding carboxylic acids is 2. The third kappa shape index (κ3) is 4.45. The largest absolute Gasteiger partial charge is 0.340 e. The van der Waals surface area contributed by atoms with E-state index < -0.39 is 0 Å².